The molecule has 1 unspecified atom stereocenters. The second kappa shape index (κ2) is 9.53. The molecule has 172 valence electrons. The number of carbonyl (C=O) groups is 1. The molecule has 0 aromatic heterocycles. The van der Waals surface area contributed by atoms with Crippen LogP contribution in [0.3, 0.4) is 0 Å². The molecule has 0 saturated carbocycles. The molecule has 2 aliphatic heterocycles. The molecule has 0 aliphatic carbocycles. The van der Waals surface area contributed by atoms with Gasteiger partial charge in [0, 0.05) is 43.9 Å². The SMILES string of the molecule is COc1cc(OC)c(CCNC2=NCC3CN(C(=O)OC(C)(C)C)CCN23)c(OC)c1. The molecular formula is C22H34N4O5. The zero-order valence-corrected chi connectivity index (χ0v) is 19.4. The number of guanidine groups is 1. The number of fused-ring (bicyclic) bond motifs is 1. The lowest BCUT2D eigenvalue weighted by molar-refractivity contribution is 0.0137. The maximum Gasteiger partial charge on any atom is 0.410 e. The van der Waals surface area contributed by atoms with Crippen LogP contribution in [0.25, 0.3) is 0 Å². The van der Waals surface area contributed by atoms with Gasteiger partial charge in [0.2, 0.25) is 0 Å². The Hall–Kier alpha value is -2.84. The number of nitrogens with zero attached hydrogens (tertiary/aromatic N) is 3. The monoisotopic (exact) mass is 434 g/mol. The Kier molecular flexibility index (Phi) is 7.02. The van der Waals surface area contributed by atoms with Crippen molar-refractivity contribution in [2.45, 2.75) is 38.8 Å². The molecule has 9 heteroatoms. The van der Waals surface area contributed by atoms with Crippen LogP contribution in [0, 0.1) is 0 Å². The fourth-order valence-corrected chi connectivity index (χ4v) is 3.85. The summed E-state index contributed by atoms with van der Waals surface area (Å²) in [7, 11) is 4.90. The summed E-state index contributed by atoms with van der Waals surface area (Å²) in [6, 6.07) is 3.89. The van der Waals surface area contributed by atoms with E-state index in [-0.39, 0.29) is 12.1 Å². The van der Waals surface area contributed by atoms with Gasteiger partial charge in [0.15, 0.2) is 5.96 Å². The molecule has 1 amide bonds. The molecule has 2 aliphatic rings. The van der Waals surface area contributed by atoms with E-state index in [1.807, 2.05) is 32.9 Å². The Morgan fingerprint density at radius 3 is 2.39 bits per heavy atom. The average molecular weight is 435 g/mol. The molecule has 0 bridgehead atoms. The maximum absolute atomic E-state index is 12.4. The van der Waals surface area contributed by atoms with Crippen LogP contribution in [0.5, 0.6) is 17.2 Å². The molecular weight excluding hydrogens is 400 g/mol. The molecule has 1 fully saturated rings. The Morgan fingerprint density at radius 2 is 1.81 bits per heavy atom. The number of amides is 1. The summed E-state index contributed by atoms with van der Waals surface area (Å²) >= 11 is 0. The zero-order chi connectivity index (χ0) is 22.6. The highest BCUT2D eigenvalue weighted by molar-refractivity contribution is 5.82. The lowest BCUT2D eigenvalue weighted by Crippen LogP contribution is -2.57. The van der Waals surface area contributed by atoms with E-state index in [2.05, 4.69) is 15.2 Å². The first-order valence-electron chi connectivity index (χ1n) is 10.6. The van der Waals surface area contributed by atoms with Crippen LogP contribution < -0.4 is 19.5 Å². The minimum atomic E-state index is -0.489. The highest BCUT2D eigenvalue weighted by Crippen LogP contribution is 2.34. The topological polar surface area (TPSA) is 84.9 Å². The van der Waals surface area contributed by atoms with Gasteiger partial charge >= 0.3 is 6.09 Å². The van der Waals surface area contributed by atoms with Crippen LogP contribution in [0.15, 0.2) is 17.1 Å². The van der Waals surface area contributed by atoms with Gasteiger partial charge in [-0.3, -0.25) is 4.99 Å². The number of ether oxygens (including phenoxy) is 4. The van der Waals surface area contributed by atoms with Crippen LogP contribution in [-0.4, -0.2) is 87.5 Å². The molecule has 0 radical (unpaired) electrons. The van der Waals surface area contributed by atoms with Crippen LogP contribution in [0.2, 0.25) is 0 Å². The van der Waals surface area contributed by atoms with E-state index in [0.29, 0.717) is 38.3 Å². The second-order valence-electron chi connectivity index (χ2n) is 8.63. The van der Waals surface area contributed by atoms with E-state index in [4.69, 9.17) is 18.9 Å². The molecule has 9 nitrogen and oxygen atoms in total. The number of carbonyl (C=O) groups excluding carboxylic acids is 1. The lowest BCUT2D eigenvalue weighted by Gasteiger charge is -2.39. The molecule has 0 spiro atoms. The third-order valence-corrected chi connectivity index (χ3v) is 5.33. The molecule has 1 aromatic carbocycles. The van der Waals surface area contributed by atoms with Crippen molar-refractivity contribution in [3.63, 3.8) is 0 Å². The fraction of sp³-hybridized carbons (Fsp3) is 0.636. The van der Waals surface area contributed by atoms with Crippen molar-refractivity contribution in [2.24, 2.45) is 4.99 Å². The Bertz CT molecular complexity index is 796. The normalized spacial score (nSPS) is 18.3. The smallest absolute Gasteiger partial charge is 0.410 e. The number of aliphatic imine (C=N–C) groups is 1. The summed E-state index contributed by atoms with van der Waals surface area (Å²) < 4.78 is 21.9. The second-order valence-corrected chi connectivity index (χ2v) is 8.63. The van der Waals surface area contributed by atoms with Crippen LogP contribution in [0.4, 0.5) is 4.79 Å². The summed E-state index contributed by atoms with van der Waals surface area (Å²) in [4.78, 5) is 21.1. The van der Waals surface area contributed by atoms with Gasteiger partial charge in [-0.05, 0) is 27.2 Å². The standard InChI is InChI=1S/C22H34N4O5/c1-22(2,3)31-21(27)25-9-10-26-15(14-25)13-24-20(26)23-8-7-17-18(29-5)11-16(28-4)12-19(17)30-6/h11-12,15H,7-10,13-14H2,1-6H3,(H,23,24). The van der Waals surface area contributed by atoms with Crippen molar-refractivity contribution >= 4 is 12.1 Å². The number of piperazine rings is 1. The van der Waals surface area contributed by atoms with E-state index in [1.54, 1.807) is 26.2 Å². The predicted molar refractivity (Wildman–Crippen MR) is 118 cm³/mol. The van der Waals surface area contributed by atoms with Gasteiger partial charge in [-0.1, -0.05) is 0 Å². The molecule has 2 heterocycles. The van der Waals surface area contributed by atoms with Crippen molar-refractivity contribution < 1.29 is 23.7 Å². The number of rotatable bonds is 6. The average Bonchev–Trinajstić information content (AvgIpc) is 3.14. The summed E-state index contributed by atoms with van der Waals surface area (Å²) in [6.45, 7) is 8.95. The van der Waals surface area contributed by atoms with Gasteiger partial charge < -0.3 is 34.1 Å². The van der Waals surface area contributed by atoms with E-state index < -0.39 is 5.60 Å². The number of benzene rings is 1. The summed E-state index contributed by atoms with van der Waals surface area (Å²) in [5.41, 5.74) is 0.486. The fourth-order valence-electron chi connectivity index (χ4n) is 3.85. The van der Waals surface area contributed by atoms with Gasteiger partial charge in [-0.25, -0.2) is 4.79 Å². The van der Waals surface area contributed by atoms with Crippen molar-refractivity contribution in [3.05, 3.63) is 17.7 Å². The molecule has 1 atom stereocenters. The first-order chi connectivity index (χ1) is 14.8. The first kappa shape index (κ1) is 22.8. The number of nitrogens with one attached hydrogen (secondary N) is 1. The molecule has 31 heavy (non-hydrogen) atoms. The minimum Gasteiger partial charge on any atom is -0.496 e. The van der Waals surface area contributed by atoms with Gasteiger partial charge in [0.05, 0.1) is 33.9 Å². The zero-order valence-electron chi connectivity index (χ0n) is 19.4. The van der Waals surface area contributed by atoms with Crippen molar-refractivity contribution in [1.82, 2.24) is 15.1 Å². The van der Waals surface area contributed by atoms with Gasteiger partial charge in [0.1, 0.15) is 22.8 Å². The van der Waals surface area contributed by atoms with E-state index in [9.17, 15) is 4.79 Å². The molecule has 1 aromatic rings. The highest BCUT2D eigenvalue weighted by atomic mass is 16.6. The van der Waals surface area contributed by atoms with Gasteiger partial charge in [0.25, 0.3) is 0 Å². The maximum atomic E-state index is 12.4. The first-order valence-corrected chi connectivity index (χ1v) is 10.6. The third-order valence-electron chi connectivity index (χ3n) is 5.33. The Labute approximate surface area is 184 Å². The largest absolute Gasteiger partial charge is 0.496 e. The van der Waals surface area contributed by atoms with Crippen LogP contribution in [0.1, 0.15) is 26.3 Å². The number of methoxy groups -OCH3 is 3. The summed E-state index contributed by atoms with van der Waals surface area (Å²) in [5.74, 6) is 3.03. The predicted octanol–water partition coefficient (Wildman–Crippen LogP) is 2.14. The van der Waals surface area contributed by atoms with Crippen LogP contribution in [-0.2, 0) is 11.2 Å². The Balaban J connectivity index is 1.55. The summed E-state index contributed by atoms with van der Waals surface area (Å²) in [5, 5.41) is 3.44. The van der Waals surface area contributed by atoms with E-state index >= 15 is 0 Å². The van der Waals surface area contributed by atoms with Crippen molar-refractivity contribution in [3.8, 4) is 17.2 Å². The quantitative estimate of drug-likeness (QED) is 0.734. The Morgan fingerprint density at radius 1 is 1.13 bits per heavy atom. The molecule has 1 N–H and O–H groups in total. The highest BCUT2D eigenvalue weighted by Gasteiger charge is 2.36. The van der Waals surface area contributed by atoms with Crippen molar-refractivity contribution in [2.75, 3.05) is 54.1 Å². The minimum absolute atomic E-state index is 0.175. The van der Waals surface area contributed by atoms with Crippen LogP contribution >= 0.6 is 0 Å². The number of hydrogen-bond donors (Lipinski definition) is 1. The van der Waals surface area contributed by atoms with Crippen molar-refractivity contribution in [1.29, 1.82) is 0 Å². The van der Waals surface area contributed by atoms with E-state index in [0.717, 1.165) is 29.6 Å². The van der Waals surface area contributed by atoms with Gasteiger partial charge in [-0.2, -0.15) is 0 Å². The molecule has 1 saturated heterocycles. The molecule has 3 rings (SSSR count). The van der Waals surface area contributed by atoms with Gasteiger partial charge in [-0.15, -0.1) is 0 Å². The van der Waals surface area contributed by atoms with E-state index in [1.165, 1.54) is 0 Å². The third kappa shape index (κ3) is 5.45. The number of hydrogen-bond acceptors (Lipinski definition) is 8. The lowest BCUT2D eigenvalue weighted by atomic mass is 10.1. The summed E-state index contributed by atoms with van der Waals surface area (Å²) in [6.07, 6.45) is 0.449.